The average Bonchev–Trinajstić information content (AvgIpc) is 3.74. The average molecular weight is 658 g/mol. The predicted molar refractivity (Wildman–Crippen MR) is 189 cm³/mol. The van der Waals surface area contributed by atoms with Gasteiger partial charge >= 0.3 is 11.6 Å². The summed E-state index contributed by atoms with van der Waals surface area (Å²) in [6, 6.07) is 8.71. The first kappa shape index (κ1) is 30.9. The number of aromatic amines is 1. The largest absolute Gasteiger partial charge is 0.508 e. The maximum absolute atomic E-state index is 14.6. The number of phenolic OH excluding ortho intramolecular Hbond substituents is 1. The third-order valence-corrected chi connectivity index (χ3v) is 10.2. The van der Waals surface area contributed by atoms with Gasteiger partial charge in [-0.1, -0.05) is 42.4 Å². The number of H-pyrrole nitrogens is 1. The van der Waals surface area contributed by atoms with Gasteiger partial charge < -0.3 is 24.6 Å². The molecule has 10 heteroatoms. The number of benzene rings is 2. The summed E-state index contributed by atoms with van der Waals surface area (Å²) in [5, 5.41) is 15.6. The summed E-state index contributed by atoms with van der Waals surface area (Å²) in [6.45, 7) is 3.65. The zero-order valence-electron chi connectivity index (χ0n) is 27.2. The van der Waals surface area contributed by atoms with E-state index in [-0.39, 0.29) is 35.3 Å². The van der Waals surface area contributed by atoms with Gasteiger partial charge in [0, 0.05) is 59.0 Å². The zero-order valence-corrected chi connectivity index (χ0v) is 27.2. The van der Waals surface area contributed by atoms with Crippen molar-refractivity contribution in [1.29, 1.82) is 0 Å². The van der Waals surface area contributed by atoms with Gasteiger partial charge in [-0.3, -0.25) is 4.90 Å². The molecule has 2 atom stereocenters. The van der Waals surface area contributed by atoms with Gasteiger partial charge in [-0.15, -0.1) is 6.42 Å². The number of aryl methyl sites for hydroxylation is 2. The fourth-order valence-corrected chi connectivity index (χ4v) is 7.86. The Balaban J connectivity index is 1.25. The van der Waals surface area contributed by atoms with Crippen molar-refractivity contribution in [3.05, 3.63) is 93.1 Å². The molecule has 2 aromatic carbocycles. The van der Waals surface area contributed by atoms with E-state index >= 15 is 0 Å². The normalized spacial score (nSPS) is 21.5. The highest BCUT2D eigenvalue weighted by Gasteiger charge is 2.49. The van der Waals surface area contributed by atoms with Crippen molar-refractivity contribution in [2.45, 2.75) is 57.3 Å². The number of terminal acetylenes is 1. The van der Waals surface area contributed by atoms with E-state index in [1.165, 1.54) is 0 Å². The minimum Gasteiger partial charge on any atom is -0.508 e. The number of phenols is 1. The third kappa shape index (κ3) is 5.44. The van der Waals surface area contributed by atoms with Crippen molar-refractivity contribution >= 4 is 33.6 Å². The van der Waals surface area contributed by atoms with Gasteiger partial charge in [0.1, 0.15) is 35.5 Å². The Morgan fingerprint density at radius 2 is 2.16 bits per heavy atom. The summed E-state index contributed by atoms with van der Waals surface area (Å²) in [5.74, 6) is 3.22. The van der Waals surface area contributed by atoms with Gasteiger partial charge in [0.2, 0.25) is 0 Å². The van der Waals surface area contributed by atoms with E-state index in [2.05, 4.69) is 33.3 Å². The topological polar surface area (TPSA) is 117 Å². The first-order valence-electron chi connectivity index (χ1n) is 16.7. The number of halogens is 1. The maximum Gasteiger partial charge on any atom is 0.349 e. The van der Waals surface area contributed by atoms with E-state index in [9.17, 15) is 14.3 Å². The number of aromatic hydroxyl groups is 1. The van der Waals surface area contributed by atoms with Crippen molar-refractivity contribution in [2.75, 3.05) is 25.0 Å². The van der Waals surface area contributed by atoms with Crippen LogP contribution in [0.1, 0.15) is 53.6 Å². The number of alkyl halides is 1. The quantitative estimate of drug-likeness (QED) is 0.164. The molecule has 1 aliphatic carbocycles. The van der Waals surface area contributed by atoms with E-state index in [1.807, 2.05) is 37.4 Å². The molecule has 0 saturated carbocycles. The Morgan fingerprint density at radius 1 is 1.27 bits per heavy atom. The standard InChI is InChI=1S/C39H36FN5O4/c1-3-24-10-8-11-25-16-28(46)17-30(32(24)25)35-23(2)34-33(37(47)49-35)36(42-20-26-19-41-31-13-7-5-4-6-12-29(26)31)44-38(43-34)48-22-39-14-9-15-45(39)21-27(40)18-39/h1,4-6,8,10-12,16-17,19,27,41,46H,7,9,13-15,18,20-22H2,2H3,(H,42,43,44)/b5-4+,12-6-/t27-,39?/m1/s1. The Labute approximate surface area is 282 Å². The molecule has 0 bridgehead atoms. The van der Waals surface area contributed by atoms with Gasteiger partial charge in [0.15, 0.2) is 0 Å². The van der Waals surface area contributed by atoms with Gasteiger partial charge in [0.25, 0.3) is 0 Å². The molecule has 248 valence electrons. The molecule has 3 aromatic heterocycles. The molecule has 2 saturated heterocycles. The van der Waals surface area contributed by atoms with E-state index in [1.54, 1.807) is 18.2 Å². The van der Waals surface area contributed by atoms with Crippen LogP contribution in [-0.2, 0) is 13.0 Å². The van der Waals surface area contributed by atoms with Crippen LogP contribution in [0.2, 0.25) is 0 Å². The number of allylic oxidation sites excluding steroid dienone is 3. The molecule has 49 heavy (non-hydrogen) atoms. The molecular formula is C39H36FN5O4. The fraction of sp³-hybridized carbons (Fsp3) is 0.308. The monoisotopic (exact) mass is 657 g/mol. The number of hydrogen-bond acceptors (Lipinski definition) is 8. The molecular weight excluding hydrogens is 621 g/mol. The minimum atomic E-state index is -0.900. The maximum atomic E-state index is 14.6. The van der Waals surface area contributed by atoms with Crippen molar-refractivity contribution < 1.29 is 18.7 Å². The lowest BCUT2D eigenvalue weighted by molar-refractivity contribution is 0.107. The van der Waals surface area contributed by atoms with Crippen LogP contribution in [0.3, 0.4) is 0 Å². The highest BCUT2D eigenvalue weighted by molar-refractivity contribution is 6.03. The van der Waals surface area contributed by atoms with Crippen LogP contribution in [0, 0.1) is 19.3 Å². The van der Waals surface area contributed by atoms with E-state index < -0.39 is 17.3 Å². The molecule has 0 amide bonds. The van der Waals surface area contributed by atoms with Crippen molar-refractivity contribution in [3.8, 4) is 35.4 Å². The molecule has 9 nitrogen and oxygen atoms in total. The lowest BCUT2D eigenvalue weighted by Crippen LogP contribution is -2.43. The number of aromatic nitrogens is 3. The van der Waals surface area contributed by atoms with Crippen LogP contribution in [0.5, 0.6) is 11.8 Å². The number of fused-ring (bicyclic) bond motifs is 4. The number of nitrogens with zero attached hydrogens (tertiary/aromatic N) is 3. The number of ether oxygens (including phenoxy) is 1. The third-order valence-electron chi connectivity index (χ3n) is 10.2. The lowest BCUT2D eigenvalue weighted by Gasteiger charge is -2.30. The Kier molecular flexibility index (Phi) is 7.72. The highest BCUT2D eigenvalue weighted by Crippen LogP contribution is 2.41. The van der Waals surface area contributed by atoms with Crippen LogP contribution >= 0.6 is 0 Å². The molecule has 8 rings (SSSR count). The first-order chi connectivity index (χ1) is 23.8. The van der Waals surface area contributed by atoms with Gasteiger partial charge in [-0.25, -0.2) is 9.18 Å². The van der Waals surface area contributed by atoms with E-state index in [4.69, 9.17) is 25.5 Å². The molecule has 3 N–H and O–H groups in total. The Hall–Kier alpha value is -5.40. The molecule has 5 aromatic rings. The second kappa shape index (κ2) is 12.2. The molecule has 0 radical (unpaired) electrons. The zero-order chi connectivity index (χ0) is 33.7. The Bertz CT molecular complexity index is 2280. The summed E-state index contributed by atoms with van der Waals surface area (Å²) in [4.78, 5) is 29.0. The van der Waals surface area contributed by atoms with Crippen LogP contribution in [0.4, 0.5) is 10.2 Å². The molecule has 2 fully saturated rings. The molecule has 1 unspecified atom stereocenters. The Morgan fingerprint density at radius 3 is 3.04 bits per heavy atom. The second-order valence-electron chi connectivity index (χ2n) is 13.2. The first-order valence-corrected chi connectivity index (χ1v) is 16.7. The summed E-state index contributed by atoms with van der Waals surface area (Å²) in [7, 11) is 0. The number of nitrogens with one attached hydrogen (secondary N) is 2. The summed E-state index contributed by atoms with van der Waals surface area (Å²) >= 11 is 0. The second-order valence-corrected chi connectivity index (χ2v) is 13.2. The fourth-order valence-electron chi connectivity index (χ4n) is 7.86. The molecule has 2 aliphatic heterocycles. The molecule has 3 aliphatic rings. The van der Waals surface area contributed by atoms with Gasteiger partial charge in [-0.05, 0) is 68.3 Å². The SMILES string of the molecule is C#Cc1cccc2cc(O)cc(-c3oc(=O)c4c(NCc5c[nH]c6c5/C=C\C=C\CC6)nc(OCC56CCCN5C[C@H](F)C6)nc4c3C)c12. The van der Waals surface area contributed by atoms with Crippen LogP contribution in [0.15, 0.2) is 64.0 Å². The van der Waals surface area contributed by atoms with Crippen LogP contribution in [-0.4, -0.2) is 56.4 Å². The lowest BCUT2D eigenvalue weighted by atomic mass is 9.95. The van der Waals surface area contributed by atoms with Crippen LogP contribution in [0.25, 0.3) is 39.1 Å². The summed E-state index contributed by atoms with van der Waals surface area (Å²) in [6.07, 6.45) is 19.3. The molecule has 5 heterocycles. The minimum absolute atomic E-state index is 0.00173. The van der Waals surface area contributed by atoms with Gasteiger partial charge in [0.05, 0.1) is 11.1 Å². The summed E-state index contributed by atoms with van der Waals surface area (Å²) in [5.41, 5.74) is 4.17. The van der Waals surface area contributed by atoms with Crippen molar-refractivity contribution in [3.63, 3.8) is 0 Å². The smallest absolute Gasteiger partial charge is 0.349 e. The predicted octanol–water partition coefficient (Wildman–Crippen LogP) is 6.81. The van der Waals surface area contributed by atoms with Crippen LogP contribution < -0.4 is 15.7 Å². The van der Waals surface area contributed by atoms with E-state index in [0.29, 0.717) is 52.5 Å². The highest BCUT2D eigenvalue weighted by atomic mass is 19.1. The number of anilines is 1. The summed E-state index contributed by atoms with van der Waals surface area (Å²) < 4.78 is 26.9. The number of rotatable bonds is 7. The molecule has 0 spiro atoms. The number of hydrogen-bond donors (Lipinski definition) is 3. The van der Waals surface area contributed by atoms with Crippen molar-refractivity contribution in [2.24, 2.45) is 0 Å². The van der Waals surface area contributed by atoms with E-state index in [0.717, 1.165) is 49.0 Å². The van der Waals surface area contributed by atoms with Gasteiger partial charge in [-0.2, -0.15) is 9.97 Å². The van der Waals surface area contributed by atoms with Crippen molar-refractivity contribution in [1.82, 2.24) is 19.9 Å².